The average molecular weight is 291 g/mol. The molecule has 1 saturated heterocycles. The highest BCUT2D eigenvalue weighted by atomic mass is 16.4. The van der Waals surface area contributed by atoms with E-state index in [0.29, 0.717) is 18.5 Å². The zero-order valence-corrected chi connectivity index (χ0v) is 11.4. The van der Waals surface area contributed by atoms with Gasteiger partial charge in [-0.05, 0) is 12.0 Å². The van der Waals surface area contributed by atoms with Crippen LogP contribution in [-0.4, -0.2) is 41.0 Å². The summed E-state index contributed by atoms with van der Waals surface area (Å²) in [5.41, 5.74) is 5.70. The Balaban J connectivity index is 2.03. The third-order valence-corrected chi connectivity index (χ3v) is 3.53. The molecule has 1 aliphatic heterocycles. The van der Waals surface area contributed by atoms with Gasteiger partial charge in [0.1, 0.15) is 0 Å². The van der Waals surface area contributed by atoms with E-state index in [1.165, 1.54) is 4.90 Å². The average Bonchev–Trinajstić information content (AvgIpc) is 2.95. The molecular formula is C14H17N3O4. The SMILES string of the molecule is NC(=O)C1CCN(C(=O)NC(C(=O)O)c2ccccc2)C1. The van der Waals surface area contributed by atoms with Crippen molar-refractivity contribution in [2.75, 3.05) is 13.1 Å². The van der Waals surface area contributed by atoms with Crippen LogP contribution < -0.4 is 11.1 Å². The van der Waals surface area contributed by atoms with Gasteiger partial charge in [-0.1, -0.05) is 30.3 Å². The maximum absolute atomic E-state index is 12.1. The first kappa shape index (κ1) is 14.8. The Morgan fingerprint density at radius 3 is 2.48 bits per heavy atom. The molecule has 1 aromatic rings. The summed E-state index contributed by atoms with van der Waals surface area (Å²) < 4.78 is 0. The quantitative estimate of drug-likeness (QED) is 0.741. The summed E-state index contributed by atoms with van der Waals surface area (Å²) in [5.74, 6) is -1.95. The molecule has 0 spiro atoms. The van der Waals surface area contributed by atoms with Gasteiger partial charge in [0.2, 0.25) is 5.91 Å². The Bertz CT molecular complexity index is 546. The second-order valence-corrected chi connectivity index (χ2v) is 4.97. The van der Waals surface area contributed by atoms with E-state index in [-0.39, 0.29) is 12.5 Å². The lowest BCUT2D eigenvalue weighted by Crippen LogP contribution is -2.43. The number of carboxylic acids is 1. The number of hydrogen-bond donors (Lipinski definition) is 3. The zero-order valence-electron chi connectivity index (χ0n) is 11.4. The van der Waals surface area contributed by atoms with Gasteiger partial charge in [0.05, 0.1) is 5.92 Å². The van der Waals surface area contributed by atoms with Gasteiger partial charge < -0.3 is 21.1 Å². The Kier molecular flexibility index (Phi) is 4.42. The van der Waals surface area contributed by atoms with Crippen LogP contribution >= 0.6 is 0 Å². The molecule has 21 heavy (non-hydrogen) atoms. The van der Waals surface area contributed by atoms with Crippen LogP contribution in [0.25, 0.3) is 0 Å². The van der Waals surface area contributed by atoms with Crippen LogP contribution in [0.15, 0.2) is 30.3 Å². The standard InChI is InChI=1S/C14H17N3O4/c15-12(18)10-6-7-17(8-10)14(21)16-11(13(19)20)9-4-2-1-3-5-9/h1-5,10-11H,6-8H2,(H2,15,18)(H,16,21)(H,19,20). The molecule has 3 amide bonds. The molecule has 1 aliphatic rings. The predicted octanol–water partition coefficient (Wildman–Crippen LogP) is 0.329. The molecule has 0 saturated carbocycles. The smallest absolute Gasteiger partial charge is 0.330 e. The lowest BCUT2D eigenvalue weighted by atomic mass is 10.1. The first-order chi connectivity index (χ1) is 9.99. The molecule has 0 radical (unpaired) electrons. The Labute approximate surface area is 121 Å². The van der Waals surface area contributed by atoms with Crippen molar-refractivity contribution in [1.82, 2.24) is 10.2 Å². The Morgan fingerprint density at radius 2 is 1.95 bits per heavy atom. The van der Waals surface area contributed by atoms with Crippen molar-refractivity contribution in [2.24, 2.45) is 11.7 Å². The molecule has 4 N–H and O–H groups in total. The first-order valence-corrected chi connectivity index (χ1v) is 6.61. The number of hydrogen-bond acceptors (Lipinski definition) is 3. The van der Waals surface area contributed by atoms with E-state index in [1.54, 1.807) is 30.3 Å². The Morgan fingerprint density at radius 1 is 1.29 bits per heavy atom. The van der Waals surface area contributed by atoms with Crippen molar-refractivity contribution in [1.29, 1.82) is 0 Å². The molecular weight excluding hydrogens is 274 g/mol. The fourth-order valence-electron chi connectivity index (χ4n) is 2.32. The van der Waals surface area contributed by atoms with Crippen LogP contribution in [0.3, 0.4) is 0 Å². The van der Waals surface area contributed by atoms with E-state index in [9.17, 15) is 19.5 Å². The lowest BCUT2D eigenvalue weighted by molar-refractivity contribution is -0.139. The lowest BCUT2D eigenvalue weighted by Gasteiger charge is -2.21. The van der Waals surface area contributed by atoms with Crippen LogP contribution in [0, 0.1) is 5.92 Å². The van der Waals surface area contributed by atoms with Gasteiger partial charge in [-0.3, -0.25) is 4.79 Å². The fourth-order valence-corrected chi connectivity index (χ4v) is 2.32. The maximum atomic E-state index is 12.1. The first-order valence-electron chi connectivity index (χ1n) is 6.61. The highest BCUT2D eigenvalue weighted by Crippen LogP contribution is 2.18. The van der Waals surface area contributed by atoms with E-state index in [4.69, 9.17) is 5.73 Å². The minimum absolute atomic E-state index is 0.224. The number of aliphatic carboxylic acids is 1. The summed E-state index contributed by atoms with van der Waals surface area (Å²) in [6.45, 7) is 0.614. The molecule has 7 heteroatoms. The van der Waals surface area contributed by atoms with Crippen LogP contribution in [-0.2, 0) is 9.59 Å². The van der Waals surface area contributed by atoms with Gasteiger partial charge in [-0.2, -0.15) is 0 Å². The number of carbonyl (C=O) groups excluding carboxylic acids is 2. The van der Waals surface area contributed by atoms with E-state index < -0.39 is 23.9 Å². The minimum atomic E-state index is -1.14. The van der Waals surface area contributed by atoms with E-state index in [0.717, 1.165) is 0 Å². The number of likely N-dealkylation sites (tertiary alicyclic amines) is 1. The van der Waals surface area contributed by atoms with Crippen molar-refractivity contribution < 1.29 is 19.5 Å². The second-order valence-electron chi connectivity index (χ2n) is 4.97. The molecule has 112 valence electrons. The number of nitrogens with one attached hydrogen (secondary N) is 1. The molecule has 1 heterocycles. The summed E-state index contributed by atoms with van der Waals surface area (Å²) in [6, 6.07) is 6.82. The summed E-state index contributed by atoms with van der Waals surface area (Å²) >= 11 is 0. The Hall–Kier alpha value is -2.57. The number of nitrogens with two attached hydrogens (primary N) is 1. The highest BCUT2D eigenvalue weighted by Gasteiger charge is 2.32. The number of primary amides is 1. The number of carboxylic acid groups (broad SMARTS) is 1. The number of amides is 3. The van der Waals surface area contributed by atoms with E-state index in [2.05, 4.69) is 5.32 Å². The van der Waals surface area contributed by atoms with Crippen LogP contribution in [0.2, 0.25) is 0 Å². The minimum Gasteiger partial charge on any atom is -0.479 e. The van der Waals surface area contributed by atoms with Crippen molar-refractivity contribution in [3.05, 3.63) is 35.9 Å². The number of nitrogens with zero attached hydrogens (tertiary/aromatic N) is 1. The third-order valence-electron chi connectivity index (χ3n) is 3.53. The van der Waals surface area contributed by atoms with E-state index >= 15 is 0 Å². The number of benzene rings is 1. The molecule has 0 bridgehead atoms. The molecule has 2 rings (SSSR count). The van der Waals surface area contributed by atoms with Crippen molar-refractivity contribution >= 4 is 17.9 Å². The van der Waals surface area contributed by atoms with Crippen molar-refractivity contribution in [3.63, 3.8) is 0 Å². The van der Waals surface area contributed by atoms with Crippen molar-refractivity contribution in [2.45, 2.75) is 12.5 Å². The molecule has 1 aromatic carbocycles. The highest BCUT2D eigenvalue weighted by molar-refractivity contribution is 5.85. The molecule has 0 aliphatic carbocycles. The molecule has 1 fully saturated rings. The largest absolute Gasteiger partial charge is 0.479 e. The van der Waals surface area contributed by atoms with Gasteiger partial charge in [0.15, 0.2) is 6.04 Å². The van der Waals surface area contributed by atoms with Crippen molar-refractivity contribution in [3.8, 4) is 0 Å². The van der Waals surface area contributed by atoms with Crippen LogP contribution in [0.5, 0.6) is 0 Å². The third kappa shape index (κ3) is 3.50. The van der Waals surface area contributed by atoms with Gasteiger partial charge in [-0.15, -0.1) is 0 Å². The summed E-state index contributed by atoms with van der Waals surface area (Å²) in [5, 5.41) is 11.7. The number of rotatable bonds is 4. The molecule has 0 aromatic heterocycles. The molecule has 2 atom stereocenters. The van der Waals surface area contributed by atoms with Crippen LogP contribution in [0.4, 0.5) is 4.79 Å². The fraction of sp³-hybridized carbons (Fsp3) is 0.357. The molecule has 2 unspecified atom stereocenters. The van der Waals surface area contributed by atoms with Gasteiger partial charge >= 0.3 is 12.0 Å². The summed E-state index contributed by atoms with van der Waals surface area (Å²) in [7, 11) is 0. The zero-order chi connectivity index (χ0) is 15.4. The number of carbonyl (C=O) groups is 3. The van der Waals surface area contributed by atoms with Gasteiger partial charge in [-0.25, -0.2) is 9.59 Å². The van der Waals surface area contributed by atoms with Crippen LogP contribution in [0.1, 0.15) is 18.0 Å². The number of urea groups is 1. The summed E-state index contributed by atoms with van der Waals surface area (Å²) in [4.78, 5) is 35.9. The molecule has 7 nitrogen and oxygen atoms in total. The van der Waals surface area contributed by atoms with Gasteiger partial charge in [0.25, 0.3) is 0 Å². The predicted molar refractivity (Wildman–Crippen MR) is 74.2 cm³/mol. The topological polar surface area (TPSA) is 113 Å². The monoisotopic (exact) mass is 291 g/mol. The summed E-state index contributed by atoms with van der Waals surface area (Å²) in [6.07, 6.45) is 0.506. The second kappa shape index (κ2) is 6.25. The van der Waals surface area contributed by atoms with Gasteiger partial charge in [0, 0.05) is 13.1 Å². The maximum Gasteiger partial charge on any atom is 0.330 e. The van der Waals surface area contributed by atoms with E-state index in [1.807, 2.05) is 0 Å². The normalized spacial score (nSPS) is 19.0.